The van der Waals surface area contributed by atoms with Crippen LogP contribution in [0.3, 0.4) is 0 Å². The Kier molecular flexibility index (Phi) is 6.95. The molecule has 0 saturated heterocycles. The molecule has 0 bridgehead atoms. The van der Waals surface area contributed by atoms with Gasteiger partial charge in [0.2, 0.25) is 0 Å². The van der Waals surface area contributed by atoms with E-state index in [2.05, 4.69) is 53.4 Å². The van der Waals surface area contributed by atoms with Gasteiger partial charge in [-0.25, -0.2) is 0 Å². The van der Waals surface area contributed by atoms with Crippen LogP contribution in [0.5, 0.6) is 0 Å². The van der Waals surface area contributed by atoms with Crippen molar-refractivity contribution in [3.8, 4) is 0 Å². The Morgan fingerprint density at radius 3 is 1.76 bits per heavy atom. The van der Waals surface area contributed by atoms with Gasteiger partial charge in [-0.1, -0.05) is 60.7 Å². The molecule has 21 heavy (non-hydrogen) atoms. The first-order valence-electron chi connectivity index (χ1n) is 7.37. The van der Waals surface area contributed by atoms with E-state index in [4.69, 9.17) is 9.84 Å². The van der Waals surface area contributed by atoms with Crippen LogP contribution < -0.4 is 0 Å². The molecule has 0 aliphatic heterocycles. The van der Waals surface area contributed by atoms with Gasteiger partial charge >= 0.3 is 0 Å². The highest BCUT2D eigenvalue weighted by Gasteiger charge is 2.07. The summed E-state index contributed by atoms with van der Waals surface area (Å²) in [6.45, 7) is 3.78. The molecular weight excluding hydrogens is 262 g/mol. The van der Waals surface area contributed by atoms with E-state index in [1.807, 2.05) is 12.1 Å². The molecule has 3 nitrogen and oxygen atoms in total. The predicted octanol–water partition coefficient (Wildman–Crippen LogP) is 2.70. The maximum absolute atomic E-state index is 8.76. The zero-order chi connectivity index (χ0) is 14.8. The van der Waals surface area contributed by atoms with E-state index in [0.717, 1.165) is 19.6 Å². The summed E-state index contributed by atoms with van der Waals surface area (Å²) in [5.74, 6) is 0. The van der Waals surface area contributed by atoms with E-state index in [-0.39, 0.29) is 6.61 Å². The van der Waals surface area contributed by atoms with E-state index in [1.165, 1.54) is 11.1 Å². The minimum absolute atomic E-state index is 0.0807. The highest BCUT2D eigenvalue weighted by molar-refractivity contribution is 5.17. The minimum atomic E-state index is 0.0807. The van der Waals surface area contributed by atoms with Crippen LogP contribution in [0.2, 0.25) is 0 Å². The molecule has 0 saturated carbocycles. The Labute approximate surface area is 126 Å². The van der Waals surface area contributed by atoms with E-state index in [9.17, 15) is 0 Å². The zero-order valence-electron chi connectivity index (χ0n) is 12.3. The van der Waals surface area contributed by atoms with Crippen LogP contribution in [-0.2, 0) is 17.8 Å². The van der Waals surface area contributed by atoms with Gasteiger partial charge in [-0.15, -0.1) is 0 Å². The summed E-state index contributed by atoms with van der Waals surface area (Å²) >= 11 is 0. The Hall–Kier alpha value is -1.68. The van der Waals surface area contributed by atoms with Crippen molar-refractivity contribution in [1.82, 2.24) is 4.90 Å². The van der Waals surface area contributed by atoms with Crippen LogP contribution in [0.4, 0.5) is 0 Å². The lowest BCUT2D eigenvalue weighted by Gasteiger charge is -2.22. The van der Waals surface area contributed by atoms with Crippen molar-refractivity contribution in [3.63, 3.8) is 0 Å². The Morgan fingerprint density at radius 1 is 0.762 bits per heavy atom. The molecule has 2 rings (SSSR count). The molecule has 0 aliphatic rings. The van der Waals surface area contributed by atoms with Crippen molar-refractivity contribution in [2.24, 2.45) is 0 Å². The molecule has 0 heterocycles. The Morgan fingerprint density at radius 2 is 1.29 bits per heavy atom. The van der Waals surface area contributed by atoms with Gasteiger partial charge in [-0.05, 0) is 11.1 Å². The summed E-state index contributed by atoms with van der Waals surface area (Å²) in [6.07, 6.45) is 0. The number of ether oxygens (including phenoxy) is 1. The fourth-order valence-corrected chi connectivity index (χ4v) is 2.26. The molecule has 2 aromatic carbocycles. The monoisotopic (exact) mass is 285 g/mol. The van der Waals surface area contributed by atoms with Crippen molar-refractivity contribution in [3.05, 3.63) is 71.8 Å². The van der Waals surface area contributed by atoms with E-state index >= 15 is 0 Å². The van der Waals surface area contributed by atoms with Crippen molar-refractivity contribution >= 4 is 0 Å². The van der Waals surface area contributed by atoms with E-state index < -0.39 is 0 Å². The lowest BCUT2D eigenvalue weighted by atomic mass is 10.1. The third-order valence-electron chi connectivity index (χ3n) is 3.29. The molecule has 0 atom stereocenters. The van der Waals surface area contributed by atoms with Crippen LogP contribution in [-0.4, -0.2) is 36.4 Å². The van der Waals surface area contributed by atoms with Crippen molar-refractivity contribution in [2.45, 2.75) is 13.1 Å². The lowest BCUT2D eigenvalue weighted by Crippen LogP contribution is -2.27. The van der Waals surface area contributed by atoms with Gasteiger partial charge in [0.25, 0.3) is 0 Å². The predicted molar refractivity (Wildman–Crippen MR) is 84.9 cm³/mol. The Bertz CT molecular complexity index is 446. The quantitative estimate of drug-likeness (QED) is 0.719. The molecular formula is C18H23NO2. The van der Waals surface area contributed by atoms with Crippen LogP contribution in [0.1, 0.15) is 11.1 Å². The van der Waals surface area contributed by atoms with E-state index in [1.54, 1.807) is 0 Å². The normalized spacial score (nSPS) is 11.0. The summed E-state index contributed by atoms with van der Waals surface area (Å²) in [7, 11) is 0. The molecule has 112 valence electrons. The number of hydrogen-bond donors (Lipinski definition) is 1. The molecule has 2 aromatic rings. The molecule has 0 unspecified atom stereocenters. The van der Waals surface area contributed by atoms with Crippen LogP contribution in [0.25, 0.3) is 0 Å². The average molecular weight is 285 g/mol. The molecule has 0 aromatic heterocycles. The maximum atomic E-state index is 8.76. The second kappa shape index (κ2) is 9.29. The summed E-state index contributed by atoms with van der Waals surface area (Å²) in [5, 5.41) is 8.76. The third-order valence-corrected chi connectivity index (χ3v) is 3.29. The number of aliphatic hydroxyl groups is 1. The highest BCUT2D eigenvalue weighted by Crippen LogP contribution is 2.09. The van der Waals surface area contributed by atoms with Crippen molar-refractivity contribution in [1.29, 1.82) is 0 Å². The fourth-order valence-electron chi connectivity index (χ4n) is 2.26. The van der Waals surface area contributed by atoms with Crippen LogP contribution >= 0.6 is 0 Å². The van der Waals surface area contributed by atoms with Crippen molar-refractivity contribution < 1.29 is 9.84 Å². The fraction of sp³-hybridized carbons (Fsp3) is 0.333. The molecule has 0 fully saturated rings. The molecule has 0 amide bonds. The Balaban J connectivity index is 1.93. The van der Waals surface area contributed by atoms with Gasteiger partial charge in [-0.3, -0.25) is 4.90 Å². The average Bonchev–Trinajstić information content (AvgIpc) is 2.53. The lowest BCUT2D eigenvalue weighted by molar-refractivity contribution is 0.0703. The smallest absolute Gasteiger partial charge is 0.0698 e. The topological polar surface area (TPSA) is 32.7 Å². The van der Waals surface area contributed by atoms with Gasteiger partial charge in [-0.2, -0.15) is 0 Å². The van der Waals surface area contributed by atoms with Gasteiger partial charge in [0, 0.05) is 19.6 Å². The molecule has 3 heteroatoms. The van der Waals surface area contributed by atoms with Crippen molar-refractivity contribution in [2.75, 3.05) is 26.4 Å². The molecule has 1 N–H and O–H groups in total. The van der Waals surface area contributed by atoms with Crippen LogP contribution in [0, 0.1) is 0 Å². The first kappa shape index (κ1) is 15.7. The van der Waals surface area contributed by atoms with Gasteiger partial charge in [0.1, 0.15) is 0 Å². The second-order valence-electron chi connectivity index (χ2n) is 5.02. The number of rotatable bonds is 9. The van der Waals surface area contributed by atoms with Crippen LogP contribution in [0.15, 0.2) is 60.7 Å². The zero-order valence-corrected chi connectivity index (χ0v) is 12.3. The summed E-state index contributed by atoms with van der Waals surface area (Å²) in [5.41, 5.74) is 2.60. The van der Waals surface area contributed by atoms with Gasteiger partial charge in [0.05, 0.1) is 19.8 Å². The minimum Gasteiger partial charge on any atom is -0.394 e. The summed E-state index contributed by atoms with van der Waals surface area (Å²) in [6, 6.07) is 20.9. The first-order valence-corrected chi connectivity index (χ1v) is 7.37. The second-order valence-corrected chi connectivity index (χ2v) is 5.02. The molecule has 0 aliphatic carbocycles. The van der Waals surface area contributed by atoms with E-state index in [0.29, 0.717) is 13.2 Å². The molecule has 0 radical (unpaired) electrons. The number of nitrogens with zero attached hydrogens (tertiary/aromatic N) is 1. The molecule has 0 spiro atoms. The number of hydrogen-bond acceptors (Lipinski definition) is 3. The number of aliphatic hydroxyl groups excluding tert-OH is 1. The summed E-state index contributed by atoms with van der Waals surface area (Å²) in [4.78, 5) is 2.36. The standard InChI is InChI=1S/C18H23NO2/c20-12-14-21-13-11-19(15-17-7-3-1-4-8-17)16-18-9-5-2-6-10-18/h1-10,20H,11-16H2. The van der Waals surface area contributed by atoms with Gasteiger partial charge < -0.3 is 9.84 Å². The third kappa shape index (κ3) is 6.08. The largest absolute Gasteiger partial charge is 0.394 e. The highest BCUT2D eigenvalue weighted by atomic mass is 16.5. The summed E-state index contributed by atoms with van der Waals surface area (Å²) < 4.78 is 5.40. The first-order chi connectivity index (χ1) is 10.4. The number of benzene rings is 2. The SMILES string of the molecule is OCCOCCN(Cc1ccccc1)Cc1ccccc1. The maximum Gasteiger partial charge on any atom is 0.0698 e. The van der Waals surface area contributed by atoms with Gasteiger partial charge in [0.15, 0.2) is 0 Å².